The van der Waals surface area contributed by atoms with Crippen LogP contribution in [0.2, 0.25) is 5.02 Å². The Hall–Kier alpha value is -3.47. The molecular formula is C23H20ClF4N3O4. The molecule has 1 atom stereocenters. The molecule has 1 unspecified atom stereocenters. The van der Waals surface area contributed by atoms with Crippen LogP contribution in [-0.4, -0.2) is 47.4 Å². The fraction of sp³-hybridized carbons (Fsp3) is 0.304. The molecule has 0 spiro atoms. The Morgan fingerprint density at radius 3 is 2.46 bits per heavy atom. The summed E-state index contributed by atoms with van der Waals surface area (Å²) in [5.41, 5.74) is -0.370. The molecule has 1 saturated heterocycles. The Morgan fingerprint density at radius 2 is 1.89 bits per heavy atom. The van der Waals surface area contributed by atoms with Crippen molar-refractivity contribution in [3.8, 4) is 0 Å². The first-order chi connectivity index (χ1) is 16.4. The zero-order valence-corrected chi connectivity index (χ0v) is 19.2. The monoisotopic (exact) mass is 513 g/mol. The van der Waals surface area contributed by atoms with E-state index in [1.54, 1.807) is 0 Å². The highest BCUT2D eigenvalue weighted by Crippen LogP contribution is 2.31. The molecule has 1 aromatic carbocycles. The minimum Gasteiger partial charge on any atom is -0.469 e. The predicted molar refractivity (Wildman–Crippen MR) is 118 cm³/mol. The number of benzene rings is 1. The van der Waals surface area contributed by atoms with Gasteiger partial charge in [0, 0.05) is 19.2 Å². The van der Waals surface area contributed by atoms with E-state index in [0.29, 0.717) is 5.56 Å². The highest BCUT2D eigenvalue weighted by Gasteiger charge is 2.42. The van der Waals surface area contributed by atoms with E-state index in [9.17, 15) is 31.9 Å². The molecule has 2 amide bonds. The molecule has 3 rings (SSSR count). The number of anilines is 1. The van der Waals surface area contributed by atoms with Gasteiger partial charge in [0.25, 0.3) is 5.91 Å². The molecule has 0 saturated carbocycles. The van der Waals surface area contributed by atoms with Gasteiger partial charge < -0.3 is 9.64 Å². The van der Waals surface area contributed by atoms with Crippen molar-refractivity contribution < 1.29 is 36.7 Å². The third-order valence-corrected chi connectivity index (χ3v) is 5.57. The summed E-state index contributed by atoms with van der Waals surface area (Å²) in [6.45, 7) is 3.06. The van der Waals surface area contributed by atoms with E-state index in [4.69, 9.17) is 11.6 Å². The van der Waals surface area contributed by atoms with Crippen LogP contribution in [0.1, 0.15) is 24.0 Å². The second-order valence-electron chi connectivity index (χ2n) is 7.74. The number of nitrogens with zero attached hydrogens (tertiary/aromatic N) is 3. The Morgan fingerprint density at radius 1 is 1.23 bits per heavy atom. The molecular weight excluding hydrogens is 494 g/mol. The minimum atomic E-state index is -4.53. The first-order valence-corrected chi connectivity index (χ1v) is 10.6. The number of alkyl halides is 3. The molecule has 35 heavy (non-hydrogen) atoms. The van der Waals surface area contributed by atoms with Crippen LogP contribution in [0, 0.1) is 5.82 Å². The average molecular weight is 514 g/mol. The minimum absolute atomic E-state index is 0.00926. The van der Waals surface area contributed by atoms with Gasteiger partial charge in [-0.25, -0.2) is 9.37 Å². The van der Waals surface area contributed by atoms with Gasteiger partial charge in [-0.15, -0.1) is 0 Å². The van der Waals surface area contributed by atoms with E-state index in [2.05, 4.69) is 16.3 Å². The second-order valence-corrected chi connectivity index (χ2v) is 8.17. The van der Waals surface area contributed by atoms with Gasteiger partial charge in [0.15, 0.2) is 11.6 Å². The number of hydrogen-bond acceptors (Lipinski definition) is 5. The van der Waals surface area contributed by atoms with Gasteiger partial charge in [0.2, 0.25) is 5.91 Å². The van der Waals surface area contributed by atoms with Gasteiger partial charge in [-0.3, -0.25) is 19.3 Å². The van der Waals surface area contributed by atoms with Crippen LogP contribution in [0.4, 0.5) is 23.4 Å². The maximum Gasteiger partial charge on any atom is 0.416 e. The summed E-state index contributed by atoms with van der Waals surface area (Å²) in [4.78, 5) is 43.9. The number of piperazine rings is 1. The molecule has 1 fully saturated rings. The summed E-state index contributed by atoms with van der Waals surface area (Å²) in [7, 11) is 1.19. The van der Waals surface area contributed by atoms with Crippen LogP contribution in [-0.2, 0) is 31.8 Å². The standard InChI is InChI=1S/C23H20ClF4N3O4/c1-13(3-8-19(33)35-2)20-22(34)31(21-17(25)9-16(24)10-29-21)12-18(32)30(20)11-14-4-6-15(7-5-14)23(26,27)28/h4-7,9-10,20H,1,3,8,11-12H2,2H3. The lowest BCUT2D eigenvalue weighted by molar-refractivity contribution is -0.143. The summed E-state index contributed by atoms with van der Waals surface area (Å²) < 4.78 is 57.8. The van der Waals surface area contributed by atoms with E-state index >= 15 is 0 Å². The molecule has 0 bridgehead atoms. The van der Waals surface area contributed by atoms with Crippen LogP contribution < -0.4 is 4.90 Å². The molecule has 2 heterocycles. The lowest BCUT2D eigenvalue weighted by atomic mass is 9.97. The highest BCUT2D eigenvalue weighted by atomic mass is 35.5. The van der Waals surface area contributed by atoms with Crippen molar-refractivity contribution >= 4 is 35.2 Å². The molecule has 7 nitrogen and oxygen atoms in total. The summed E-state index contributed by atoms with van der Waals surface area (Å²) in [5.74, 6) is -3.26. The molecule has 0 N–H and O–H groups in total. The van der Waals surface area contributed by atoms with E-state index in [-0.39, 0.29) is 30.0 Å². The van der Waals surface area contributed by atoms with E-state index < -0.39 is 53.7 Å². The quantitative estimate of drug-likeness (QED) is 0.316. The number of methoxy groups -OCH3 is 1. The molecule has 1 aromatic heterocycles. The van der Waals surface area contributed by atoms with Crippen molar-refractivity contribution in [2.75, 3.05) is 18.6 Å². The van der Waals surface area contributed by atoms with Gasteiger partial charge >= 0.3 is 12.1 Å². The molecule has 12 heteroatoms. The van der Waals surface area contributed by atoms with Crippen molar-refractivity contribution in [1.82, 2.24) is 9.88 Å². The Bertz CT molecular complexity index is 1150. The number of aromatic nitrogens is 1. The summed E-state index contributed by atoms with van der Waals surface area (Å²) in [6.07, 6.45) is -3.57. The average Bonchev–Trinajstić information content (AvgIpc) is 2.79. The first kappa shape index (κ1) is 26.1. The third-order valence-electron chi connectivity index (χ3n) is 5.37. The van der Waals surface area contributed by atoms with E-state index in [0.717, 1.165) is 34.2 Å². The van der Waals surface area contributed by atoms with Crippen molar-refractivity contribution in [3.05, 3.63) is 70.6 Å². The van der Waals surface area contributed by atoms with Crippen molar-refractivity contribution in [2.24, 2.45) is 0 Å². The van der Waals surface area contributed by atoms with E-state index in [1.807, 2.05) is 0 Å². The number of amides is 2. The normalized spacial score (nSPS) is 16.5. The SMILES string of the molecule is C=C(CCC(=O)OC)C1C(=O)N(c2ncc(Cl)cc2F)CC(=O)N1Cc1ccc(C(F)(F)F)cc1. The number of hydrogen-bond donors (Lipinski definition) is 0. The Balaban J connectivity index is 1.93. The molecule has 1 aliphatic heterocycles. The van der Waals surface area contributed by atoms with Crippen LogP contribution >= 0.6 is 11.6 Å². The predicted octanol–water partition coefficient (Wildman–Crippen LogP) is 4.15. The maximum atomic E-state index is 14.5. The van der Waals surface area contributed by atoms with Gasteiger partial charge in [-0.05, 0) is 35.8 Å². The Labute approximate surface area is 202 Å². The van der Waals surface area contributed by atoms with Gasteiger partial charge in [0.05, 0.1) is 17.7 Å². The van der Waals surface area contributed by atoms with Gasteiger partial charge in [-0.2, -0.15) is 13.2 Å². The number of esters is 1. The topological polar surface area (TPSA) is 79.8 Å². The molecule has 0 radical (unpaired) electrons. The van der Waals surface area contributed by atoms with Crippen molar-refractivity contribution in [1.29, 1.82) is 0 Å². The molecule has 1 aliphatic rings. The second kappa shape index (κ2) is 10.4. The fourth-order valence-corrected chi connectivity index (χ4v) is 3.73. The lowest BCUT2D eigenvalue weighted by Gasteiger charge is -2.40. The summed E-state index contributed by atoms with van der Waals surface area (Å²) in [5, 5.41) is -0.00926. The van der Waals surface area contributed by atoms with Crippen molar-refractivity contribution in [2.45, 2.75) is 31.6 Å². The van der Waals surface area contributed by atoms with Gasteiger partial charge in [0.1, 0.15) is 12.6 Å². The zero-order chi connectivity index (χ0) is 25.9. The third kappa shape index (κ3) is 5.97. The number of pyridine rings is 1. The molecule has 186 valence electrons. The summed E-state index contributed by atoms with van der Waals surface area (Å²) >= 11 is 5.73. The maximum absolute atomic E-state index is 14.5. The van der Waals surface area contributed by atoms with Crippen LogP contribution in [0.3, 0.4) is 0 Å². The number of ether oxygens (including phenoxy) is 1. The number of halogens is 5. The smallest absolute Gasteiger partial charge is 0.416 e. The van der Waals surface area contributed by atoms with Crippen LogP contribution in [0.25, 0.3) is 0 Å². The highest BCUT2D eigenvalue weighted by molar-refractivity contribution is 6.30. The Kier molecular flexibility index (Phi) is 7.79. The van der Waals surface area contributed by atoms with E-state index in [1.165, 1.54) is 19.2 Å². The van der Waals surface area contributed by atoms with Crippen LogP contribution in [0.5, 0.6) is 0 Å². The largest absolute Gasteiger partial charge is 0.469 e. The lowest BCUT2D eigenvalue weighted by Crippen LogP contribution is -2.60. The number of carbonyl (C=O) groups is 3. The number of rotatable bonds is 7. The van der Waals surface area contributed by atoms with Gasteiger partial charge in [-0.1, -0.05) is 30.3 Å². The van der Waals surface area contributed by atoms with Crippen molar-refractivity contribution in [3.63, 3.8) is 0 Å². The first-order valence-electron chi connectivity index (χ1n) is 10.2. The number of carbonyl (C=O) groups excluding carboxylic acids is 3. The molecule has 0 aliphatic carbocycles. The molecule has 2 aromatic rings. The summed E-state index contributed by atoms with van der Waals surface area (Å²) in [6, 6.07) is 3.75. The fourth-order valence-electron chi connectivity index (χ4n) is 3.59. The van der Waals surface area contributed by atoms with Crippen LogP contribution in [0.15, 0.2) is 48.7 Å². The zero-order valence-electron chi connectivity index (χ0n) is 18.4.